The second-order valence-electron chi connectivity index (χ2n) is 4.92. The molecule has 0 saturated carbocycles. The van der Waals surface area contributed by atoms with Crippen molar-refractivity contribution in [1.29, 1.82) is 0 Å². The monoisotopic (exact) mass is 255 g/mol. The zero-order valence-corrected chi connectivity index (χ0v) is 11.2. The Kier molecular flexibility index (Phi) is 4.96. The van der Waals surface area contributed by atoms with Gasteiger partial charge < -0.3 is 0 Å². The van der Waals surface area contributed by atoms with Gasteiger partial charge in [0.2, 0.25) is 0 Å². The molecule has 0 aliphatic heterocycles. The van der Waals surface area contributed by atoms with Gasteiger partial charge in [-0.1, -0.05) is 19.9 Å². The fraction of sp³-hybridized carbons (Fsp3) is 0.500. The van der Waals surface area contributed by atoms with E-state index < -0.39 is 23.0 Å². The van der Waals surface area contributed by atoms with E-state index in [4.69, 9.17) is 0 Å². The Labute approximate surface area is 107 Å². The first-order valence-electron chi connectivity index (χ1n) is 6.02. The van der Waals surface area contributed by atoms with Crippen LogP contribution in [0.2, 0.25) is 0 Å². The van der Waals surface area contributed by atoms with Crippen molar-refractivity contribution in [3.63, 3.8) is 0 Å². The number of likely N-dealkylation sites (N-methyl/N-ethyl adjacent to an activating group) is 1. The summed E-state index contributed by atoms with van der Waals surface area (Å²) in [5.41, 5.74) is -0.444. The van der Waals surface area contributed by atoms with Crippen molar-refractivity contribution < 1.29 is 13.6 Å². The quantitative estimate of drug-likeness (QED) is 0.753. The van der Waals surface area contributed by atoms with Gasteiger partial charge in [0.25, 0.3) is 0 Å². The van der Waals surface area contributed by atoms with Gasteiger partial charge in [-0.3, -0.25) is 9.69 Å². The lowest BCUT2D eigenvalue weighted by Gasteiger charge is -2.27. The smallest absolute Gasteiger partial charge is 0.182 e. The van der Waals surface area contributed by atoms with Crippen molar-refractivity contribution in [1.82, 2.24) is 4.90 Å². The molecule has 1 aromatic carbocycles. The number of nitrogens with zero attached hydrogens (tertiary/aromatic N) is 1. The van der Waals surface area contributed by atoms with Gasteiger partial charge in [0.1, 0.15) is 11.6 Å². The number of carbonyl (C=O) groups is 1. The van der Waals surface area contributed by atoms with Gasteiger partial charge in [0.05, 0.1) is 12.1 Å². The van der Waals surface area contributed by atoms with Gasteiger partial charge >= 0.3 is 0 Å². The van der Waals surface area contributed by atoms with E-state index in [9.17, 15) is 13.6 Å². The van der Waals surface area contributed by atoms with Gasteiger partial charge in [0.15, 0.2) is 5.78 Å². The summed E-state index contributed by atoms with van der Waals surface area (Å²) < 4.78 is 26.9. The fourth-order valence-electron chi connectivity index (χ4n) is 1.72. The first-order chi connectivity index (χ1) is 8.34. The number of rotatable bonds is 5. The van der Waals surface area contributed by atoms with Crippen molar-refractivity contribution in [2.45, 2.75) is 26.8 Å². The van der Waals surface area contributed by atoms with Crippen LogP contribution in [-0.4, -0.2) is 30.3 Å². The highest BCUT2D eigenvalue weighted by Crippen LogP contribution is 2.15. The number of benzene rings is 1. The maximum absolute atomic E-state index is 13.4. The molecule has 0 heterocycles. The van der Waals surface area contributed by atoms with Crippen LogP contribution in [0.25, 0.3) is 0 Å². The molecule has 2 nitrogen and oxygen atoms in total. The summed E-state index contributed by atoms with van der Waals surface area (Å²) in [5, 5.41) is 0. The molecule has 0 radical (unpaired) electrons. The third-order valence-corrected chi connectivity index (χ3v) is 3.29. The molecular formula is C14H19F2NO. The minimum absolute atomic E-state index is 0.0111. The number of ketones is 1. The average molecular weight is 255 g/mol. The molecule has 1 aromatic rings. The van der Waals surface area contributed by atoms with E-state index >= 15 is 0 Å². The molecule has 0 spiro atoms. The van der Waals surface area contributed by atoms with E-state index in [2.05, 4.69) is 0 Å². The van der Waals surface area contributed by atoms with Crippen LogP contribution in [0.4, 0.5) is 8.78 Å². The summed E-state index contributed by atoms with van der Waals surface area (Å²) in [6, 6.07) is 3.62. The Balaban J connectivity index is 2.83. The van der Waals surface area contributed by atoms with E-state index in [-0.39, 0.29) is 12.6 Å². The normalized spacial score (nSPS) is 13.1. The summed E-state index contributed by atoms with van der Waals surface area (Å²) in [6.07, 6.45) is 0. The molecule has 0 aliphatic rings. The van der Waals surface area contributed by atoms with E-state index in [1.807, 2.05) is 20.8 Å². The maximum atomic E-state index is 13.4. The Morgan fingerprint density at radius 1 is 1.22 bits per heavy atom. The SMILES string of the molecule is CC(C)C(C)N(C)CC(=O)c1c(F)cccc1F. The zero-order chi connectivity index (χ0) is 13.9. The third kappa shape index (κ3) is 3.35. The second-order valence-corrected chi connectivity index (χ2v) is 4.92. The van der Waals surface area contributed by atoms with Crippen LogP contribution in [-0.2, 0) is 0 Å². The fourth-order valence-corrected chi connectivity index (χ4v) is 1.72. The highest BCUT2D eigenvalue weighted by Gasteiger charge is 2.21. The molecule has 0 bridgehead atoms. The summed E-state index contributed by atoms with van der Waals surface area (Å²) in [5.74, 6) is -1.76. The summed E-state index contributed by atoms with van der Waals surface area (Å²) >= 11 is 0. The van der Waals surface area contributed by atoms with Gasteiger partial charge in [-0.05, 0) is 32.0 Å². The molecule has 1 atom stereocenters. The lowest BCUT2D eigenvalue weighted by atomic mass is 10.0. The predicted octanol–water partition coefficient (Wildman–Crippen LogP) is 3.12. The minimum atomic E-state index is -0.800. The van der Waals surface area contributed by atoms with Crippen LogP contribution in [0.15, 0.2) is 18.2 Å². The first kappa shape index (κ1) is 14.8. The summed E-state index contributed by atoms with van der Waals surface area (Å²) in [4.78, 5) is 13.7. The molecule has 18 heavy (non-hydrogen) atoms. The van der Waals surface area contributed by atoms with Crippen LogP contribution in [0, 0.1) is 17.6 Å². The van der Waals surface area contributed by atoms with Crippen molar-refractivity contribution in [3.05, 3.63) is 35.4 Å². The van der Waals surface area contributed by atoms with Gasteiger partial charge in [0, 0.05) is 6.04 Å². The predicted molar refractivity (Wildman–Crippen MR) is 67.6 cm³/mol. The molecular weight excluding hydrogens is 236 g/mol. The number of carbonyl (C=O) groups excluding carboxylic acids is 1. The van der Waals surface area contributed by atoms with E-state index in [0.717, 1.165) is 12.1 Å². The van der Waals surface area contributed by atoms with Crippen molar-refractivity contribution in [2.75, 3.05) is 13.6 Å². The largest absolute Gasteiger partial charge is 0.296 e. The highest BCUT2D eigenvalue weighted by atomic mass is 19.1. The lowest BCUT2D eigenvalue weighted by molar-refractivity contribution is 0.0898. The molecule has 0 saturated heterocycles. The third-order valence-electron chi connectivity index (χ3n) is 3.29. The molecule has 1 unspecified atom stereocenters. The van der Waals surface area contributed by atoms with Crippen LogP contribution in [0.3, 0.4) is 0 Å². The van der Waals surface area contributed by atoms with Gasteiger partial charge in [-0.25, -0.2) is 8.78 Å². The molecule has 100 valence electrons. The van der Waals surface area contributed by atoms with Crippen LogP contribution >= 0.6 is 0 Å². The molecule has 1 rings (SSSR count). The van der Waals surface area contributed by atoms with Crippen LogP contribution in [0.5, 0.6) is 0 Å². The standard InChI is InChI=1S/C14H19F2NO/c1-9(2)10(3)17(4)8-13(18)14-11(15)6-5-7-12(14)16/h5-7,9-10H,8H2,1-4H3. The van der Waals surface area contributed by atoms with Crippen LogP contribution in [0.1, 0.15) is 31.1 Å². The summed E-state index contributed by atoms with van der Waals surface area (Å²) in [6.45, 7) is 6.07. The highest BCUT2D eigenvalue weighted by molar-refractivity contribution is 5.98. The number of Topliss-reactive ketones (excluding diaryl/α,β-unsaturated/α-hetero) is 1. The Bertz CT molecular complexity index is 412. The summed E-state index contributed by atoms with van der Waals surface area (Å²) in [7, 11) is 1.78. The maximum Gasteiger partial charge on any atom is 0.182 e. The average Bonchev–Trinajstić information content (AvgIpc) is 2.27. The topological polar surface area (TPSA) is 20.3 Å². The van der Waals surface area contributed by atoms with Crippen molar-refractivity contribution >= 4 is 5.78 Å². The zero-order valence-electron chi connectivity index (χ0n) is 11.2. The van der Waals surface area contributed by atoms with E-state index in [1.54, 1.807) is 11.9 Å². The molecule has 0 amide bonds. The lowest BCUT2D eigenvalue weighted by Crippen LogP contribution is -2.37. The molecule has 0 aromatic heterocycles. The van der Waals surface area contributed by atoms with Gasteiger partial charge in [-0.15, -0.1) is 0 Å². The number of halogens is 2. The van der Waals surface area contributed by atoms with E-state index in [1.165, 1.54) is 6.07 Å². The van der Waals surface area contributed by atoms with Crippen molar-refractivity contribution in [3.8, 4) is 0 Å². The number of hydrogen-bond acceptors (Lipinski definition) is 2. The van der Waals surface area contributed by atoms with E-state index in [0.29, 0.717) is 5.92 Å². The number of hydrogen-bond donors (Lipinski definition) is 0. The second kappa shape index (κ2) is 6.05. The molecule has 0 N–H and O–H groups in total. The van der Waals surface area contributed by atoms with Crippen LogP contribution < -0.4 is 0 Å². The minimum Gasteiger partial charge on any atom is -0.296 e. The molecule has 0 aliphatic carbocycles. The Morgan fingerprint density at radius 3 is 2.17 bits per heavy atom. The van der Waals surface area contributed by atoms with Crippen molar-refractivity contribution in [2.24, 2.45) is 5.92 Å². The Hall–Kier alpha value is -1.29. The Morgan fingerprint density at radius 2 is 1.72 bits per heavy atom. The van der Waals surface area contributed by atoms with Gasteiger partial charge in [-0.2, -0.15) is 0 Å². The first-order valence-corrected chi connectivity index (χ1v) is 6.02. The molecule has 4 heteroatoms. The molecule has 0 fully saturated rings.